The Labute approximate surface area is 164 Å². The van der Waals surface area contributed by atoms with Gasteiger partial charge in [-0.3, -0.25) is 4.79 Å². The van der Waals surface area contributed by atoms with Gasteiger partial charge in [0, 0.05) is 12.0 Å². The summed E-state index contributed by atoms with van der Waals surface area (Å²) in [5.41, 5.74) is 2.37. The van der Waals surface area contributed by atoms with E-state index in [9.17, 15) is 19.5 Å². The number of rotatable bonds is 6. The van der Waals surface area contributed by atoms with Crippen molar-refractivity contribution in [2.75, 3.05) is 7.11 Å². The van der Waals surface area contributed by atoms with Crippen molar-refractivity contribution >= 4 is 17.8 Å². The van der Waals surface area contributed by atoms with Crippen LogP contribution in [-0.4, -0.2) is 36.1 Å². The monoisotopic (exact) mass is 383 g/mol. The third-order valence-electron chi connectivity index (χ3n) is 4.41. The first-order valence-corrected chi connectivity index (χ1v) is 8.93. The van der Waals surface area contributed by atoms with E-state index >= 15 is 0 Å². The van der Waals surface area contributed by atoms with Crippen LogP contribution in [0.3, 0.4) is 0 Å². The van der Waals surface area contributed by atoms with E-state index in [1.54, 1.807) is 6.07 Å². The second kappa shape index (κ2) is 8.69. The first-order valence-electron chi connectivity index (χ1n) is 8.93. The molecule has 28 heavy (non-hydrogen) atoms. The number of aliphatic carboxylic acids is 1. The SMILES string of the molecule is COC(=O)c1cccc(C(=O)N[C@H](Cc2ccc(C(C)(C)C)cc2)C(=O)O)c1. The van der Waals surface area contributed by atoms with E-state index in [2.05, 4.69) is 30.8 Å². The highest BCUT2D eigenvalue weighted by Gasteiger charge is 2.22. The Hall–Kier alpha value is -3.15. The van der Waals surface area contributed by atoms with Crippen LogP contribution in [0.4, 0.5) is 0 Å². The summed E-state index contributed by atoms with van der Waals surface area (Å²) in [6.07, 6.45) is 0.155. The average Bonchev–Trinajstić information content (AvgIpc) is 2.66. The molecule has 148 valence electrons. The fourth-order valence-electron chi connectivity index (χ4n) is 2.72. The van der Waals surface area contributed by atoms with E-state index < -0.39 is 23.9 Å². The predicted octanol–water partition coefficient (Wildman–Crippen LogP) is 3.20. The fourth-order valence-corrected chi connectivity index (χ4v) is 2.72. The summed E-state index contributed by atoms with van der Waals surface area (Å²) in [6, 6.07) is 12.6. The molecule has 6 heteroatoms. The summed E-state index contributed by atoms with van der Waals surface area (Å²) in [7, 11) is 1.25. The molecule has 0 aliphatic rings. The zero-order valence-electron chi connectivity index (χ0n) is 16.5. The number of methoxy groups -OCH3 is 1. The smallest absolute Gasteiger partial charge is 0.337 e. The van der Waals surface area contributed by atoms with Crippen LogP contribution in [0.5, 0.6) is 0 Å². The summed E-state index contributed by atoms with van der Waals surface area (Å²) < 4.78 is 4.64. The van der Waals surface area contributed by atoms with Gasteiger partial charge in [0.05, 0.1) is 12.7 Å². The van der Waals surface area contributed by atoms with E-state index in [1.165, 1.54) is 25.3 Å². The zero-order chi connectivity index (χ0) is 20.9. The van der Waals surface area contributed by atoms with Crippen LogP contribution in [0.2, 0.25) is 0 Å². The molecule has 2 aromatic carbocycles. The first kappa shape index (κ1) is 21.2. The Morgan fingerprint density at radius 2 is 1.64 bits per heavy atom. The van der Waals surface area contributed by atoms with Gasteiger partial charge in [0.15, 0.2) is 0 Å². The Balaban J connectivity index is 2.14. The van der Waals surface area contributed by atoms with Crippen molar-refractivity contribution in [2.45, 2.75) is 38.6 Å². The van der Waals surface area contributed by atoms with Gasteiger partial charge < -0.3 is 15.2 Å². The molecule has 1 amide bonds. The van der Waals surface area contributed by atoms with Gasteiger partial charge in [0.25, 0.3) is 5.91 Å². The van der Waals surface area contributed by atoms with Gasteiger partial charge in [0.2, 0.25) is 0 Å². The molecule has 0 aromatic heterocycles. The highest BCUT2D eigenvalue weighted by Crippen LogP contribution is 2.22. The number of hydrogen-bond donors (Lipinski definition) is 2. The number of esters is 1. The van der Waals surface area contributed by atoms with Gasteiger partial charge in [0.1, 0.15) is 6.04 Å². The molecule has 2 rings (SSSR count). The van der Waals surface area contributed by atoms with Gasteiger partial charge in [-0.25, -0.2) is 9.59 Å². The van der Waals surface area contributed by atoms with Gasteiger partial charge in [-0.15, -0.1) is 0 Å². The van der Waals surface area contributed by atoms with Gasteiger partial charge in [-0.1, -0.05) is 51.1 Å². The lowest BCUT2D eigenvalue weighted by Crippen LogP contribution is -2.42. The topological polar surface area (TPSA) is 92.7 Å². The molecule has 2 N–H and O–H groups in total. The van der Waals surface area contributed by atoms with Crippen molar-refractivity contribution in [2.24, 2.45) is 0 Å². The molecular weight excluding hydrogens is 358 g/mol. The van der Waals surface area contributed by atoms with Crippen LogP contribution >= 0.6 is 0 Å². The van der Waals surface area contributed by atoms with Crippen molar-refractivity contribution in [1.82, 2.24) is 5.32 Å². The van der Waals surface area contributed by atoms with Crippen molar-refractivity contribution in [3.05, 3.63) is 70.8 Å². The number of benzene rings is 2. The summed E-state index contributed by atoms with van der Waals surface area (Å²) in [4.78, 5) is 35.7. The number of carbonyl (C=O) groups is 3. The minimum absolute atomic E-state index is 0.00357. The maximum Gasteiger partial charge on any atom is 0.337 e. The summed E-state index contributed by atoms with van der Waals surface area (Å²) >= 11 is 0. The van der Waals surface area contributed by atoms with E-state index in [1.807, 2.05) is 24.3 Å². The van der Waals surface area contributed by atoms with Gasteiger partial charge in [-0.05, 0) is 34.7 Å². The van der Waals surface area contributed by atoms with Gasteiger partial charge >= 0.3 is 11.9 Å². The molecule has 0 spiro atoms. The Bertz CT molecular complexity index is 865. The van der Waals surface area contributed by atoms with Crippen molar-refractivity contribution in [3.8, 4) is 0 Å². The molecule has 0 aliphatic heterocycles. The third kappa shape index (κ3) is 5.42. The Kier molecular flexibility index (Phi) is 6.57. The van der Waals surface area contributed by atoms with Crippen molar-refractivity contribution in [1.29, 1.82) is 0 Å². The molecule has 0 saturated carbocycles. The number of carboxylic acid groups (broad SMARTS) is 1. The van der Waals surface area contributed by atoms with Crippen LogP contribution in [-0.2, 0) is 21.4 Å². The second-order valence-corrected chi connectivity index (χ2v) is 7.59. The number of carbonyl (C=O) groups excluding carboxylic acids is 2. The third-order valence-corrected chi connectivity index (χ3v) is 4.41. The lowest BCUT2D eigenvalue weighted by Gasteiger charge is -2.20. The lowest BCUT2D eigenvalue weighted by atomic mass is 9.86. The van der Waals surface area contributed by atoms with Crippen molar-refractivity contribution < 1.29 is 24.2 Å². The molecule has 0 bridgehead atoms. The number of nitrogens with one attached hydrogen (secondary N) is 1. The minimum Gasteiger partial charge on any atom is -0.480 e. The Morgan fingerprint density at radius 1 is 1.04 bits per heavy atom. The average molecular weight is 383 g/mol. The minimum atomic E-state index is -1.13. The zero-order valence-corrected chi connectivity index (χ0v) is 16.5. The van der Waals surface area contributed by atoms with Crippen LogP contribution < -0.4 is 5.32 Å². The largest absolute Gasteiger partial charge is 0.480 e. The summed E-state index contributed by atoms with van der Waals surface area (Å²) in [5.74, 6) is -2.26. The summed E-state index contributed by atoms with van der Waals surface area (Å²) in [5, 5.41) is 12.0. The number of hydrogen-bond acceptors (Lipinski definition) is 4. The molecule has 0 heterocycles. The van der Waals surface area contributed by atoms with Crippen LogP contribution in [0.15, 0.2) is 48.5 Å². The van der Waals surface area contributed by atoms with Crippen LogP contribution in [0.25, 0.3) is 0 Å². The molecule has 6 nitrogen and oxygen atoms in total. The van der Waals surface area contributed by atoms with E-state index in [4.69, 9.17) is 0 Å². The van der Waals surface area contributed by atoms with Crippen LogP contribution in [0.1, 0.15) is 52.6 Å². The standard InChI is InChI=1S/C22H25NO5/c1-22(2,3)17-10-8-14(9-11-17)12-18(20(25)26)23-19(24)15-6-5-7-16(13-15)21(27)28-4/h5-11,13,18H,12H2,1-4H3,(H,23,24)(H,25,26)/t18-/m1/s1. The molecule has 2 aromatic rings. The molecule has 0 saturated heterocycles. The molecule has 0 radical (unpaired) electrons. The Morgan fingerprint density at radius 3 is 2.18 bits per heavy atom. The number of amides is 1. The molecule has 1 atom stereocenters. The van der Waals surface area contributed by atoms with E-state index in [0.717, 1.165) is 11.1 Å². The molecule has 0 fully saturated rings. The molecule has 0 unspecified atom stereocenters. The van der Waals surface area contributed by atoms with Gasteiger partial charge in [-0.2, -0.15) is 0 Å². The second-order valence-electron chi connectivity index (χ2n) is 7.59. The van der Waals surface area contributed by atoms with Crippen molar-refractivity contribution in [3.63, 3.8) is 0 Å². The maximum absolute atomic E-state index is 12.5. The van der Waals surface area contributed by atoms with E-state index in [-0.39, 0.29) is 23.0 Å². The van der Waals surface area contributed by atoms with Crippen LogP contribution in [0, 0.1) is 0 Å². The first-order chi connectivity index (χ1) is 13.1. The molecular formula is C22H25NO5. The maximum atomic E-state index is 12.5. The highest BCUT2D eigenvalue weighted by molar-refractivity contribution is 5.99. The quantitative estimate of drug-likeness (QED) is 0.748. The number of carboxylic acids is 1. The fraction of sp³-hybridized carbons (Fsp3) is 0.318. The highest BCUT2D eigenvalue weighted by atomic mass is 16.5. The normalized spacial score (nSPS) is 12.1. The number of ether oxygens (including phenoxy) is 1. The molecule has 0 aliphatic carbocycles. The predicted molar refractivity (Wildman–Crippen MR) is 106 cm³/mol. The van der Waals surface area contributed by atoms with E-state index in [0.29, 0.717) is 0 Å². The summed E-state index contributed by atoms with van der Waals surface area (Å²) in [6.45, 7) is 6.31. The lowest BCUT2D eigenvalue weighted by molar-refractivity contribution is -0.139.